The zero-order chi connectivity index (χ0) is 13.5. The summed E-state index contributed by atoms with van der Waals surface area (Å²) in [6, 6.07) is 2.96. The second-order valence-electron chi connectivity index (χ2n) is 3.20. The van der Waals surface area contributed by atoms with Crippen molar-refractivity contribution in [3.8, 4) is 0 Å². The first kappa shape index (κ1) is 14.4. The number of carbonyl (C=O) groups is 2. The lowest BCUT2D eigenvalue weighted by molar-refractivity contribution is -0.145. The van der Waals surface area contributed by atoms with Gasteiger partial charge in [0.2, 0.25) is 0 Å². The fraction of sp³-hybridized carbons (Fsp3) is 0.273. The van der Waals surface area contributed by atoms with E-state index in [2.05, 4.69) is 10.1 Å². The van der Waals surface area contributed by atoms with Gasteiger partial charge in [0.1, 0.15) is 11.6 Å². The molecule has 0 bridgehead atoms. The van der Waals surface area contributed by atoms with E-state index in [0.717, 1.165) is 30.0 Å². The van der Waals surface area contributed by atoms with Crippen molar-refractivity contribution in [2.24, 2.45) is 0 Å². The van der Waals surface area contributed by atoms with Gasteiger partial charge < -0.3 is 10.1 Å². The van der Waals surface area contributed by atoms with Gasteiger partial charge in [0.05, 0.1) is 5.75 Å². The highest BCUT2D eigenvalue weighted by atomic mass is 32.2. The lowest BCUT2D eigenvalue weighted by Gasteiger charge is -2.04. The SMILES string of the molecule is CNC(=O)COC(=O)CSc1cc(F)ccc1F. The summed E-state index contributed by atoms with van der Waals surface area (Å²) in [5, 5.41) is 2.28. The van der Waals surface area contributed by atoms with Crippen molar-refractivity contribution in [3.63, 3.8) is 0 Å². The lowest BCUT2D eigenvalue weighted by atomic mass is 10.3. The van der Waals surface area contributed by atoms with E-state index in [1.54, 1.807) is 0 Å². The largest absolute Gasteiger partial charge is 0.455 e. The van der Waals surface area contributed by atoms with E-state index in [1.807, 2.05) is 0 Å². The molecule has 0 aliphatic rings. The van der Waals surface area contributed by atoms with Crippen LogP contribution in [0.2, 0.25) is 0 Å². The summed E-state index contributed by atoms with van der Waals surface area (Å²) in [5.74, 6) is -2.51. The standard InChI is InChI=1S/C11H11F2NO3S/c1-14-10(15)5-17-11(16)6-18-9-4-7(12)2-3-8(9)13/h2-4H,5-6H2,1H3,(H,14,15). The van der Waals surface area contributed by atoms with Crippen LogP contribution in [0.15, 0.2) is 23.1 Å². The molecule has 1 rings (SSSR count). The molecule has 0 heterocycles. The van der Waals surface area contributed by atoms with Crippen LogP contribution in [0.25, 0.3) is 0 Å². The van der Waals surface area contributed by atoms with Gasteiger partial charge in [-0.1, -0.05) is 0 Å². The number of esters is 1. The molecule has 7 heteroatoms. The number of likely N-dealkylation sites (N-methyl/N-ethyl adjacent to an activating group) is 1. The Bertz CT molecular complexity index is 454. The second kappa shape index (κ2) is 6.95. The summed E-state index contributed by atoms with van der Waals surface area (Å²) in [5.41, 5.74) is 0. The molecule has 1 N–H and O–H groups in total. The van der Waals surface area contributed by atoms with Crippen LogP contribution in [0.1, 0.15) is 0 Å². The second-order valence-corrected chi connectivity index (χ2v) is 4.21. The van der Waals surface area contributed by atoms with Crippen LogP contribution in [0.5, 0.6) is 0 Å². The molecule has 0 spiro atoms. The maximum Gasteiger partial charge on any atom is 0.316 e. The predicted octanol–water partition coefficient (Wildman–Crippen LogP) is 1.35. The lowest BCUT2D eigenvalue weighted by Crippen LogP contribution is -2.25. The molecule has 1 amide bonds. The Labute approximate surface area is 107 Å². The number of hydrogen-bond acceptors (Lipinski definition) is 4. The third-order valence-electron chi connectivity index (χ3n) is 1.88. The Kier molecular flexibility index (Phi) is 5.57. The molecule has 4 nitrogen and oxygen atoms in total. The summed E-state index contributed by atoms with van der Waals surface area (Å²) in [6.07, 6.45) is 0. The minimum Gasteiger partial charge on any atom is -0.455 e. The highest BCUT2D eigenvalue weighted by Gasteiger charge is 2.10. The number of benzene rings is 1. The summed E-state index contributed by atoms with van der Waals surface area (Å²) in [6.45, 7) is -0.387. The first-order valence-corrected chi connectivity index (χ1v) is 5.95. The van der Waals surface area contributed by atoms with Gasteiger partial charge in [-0.3, -0.25) is 9.59 Å². The highest BCUT2D eigenvalue weighted by Crippen LogP contribution is 2.22. The molecule has 18 heavy (non-hydrogen) atoms. The Morgan fingerprint density at radius 3 is 2.78 bits per heavy atom. The maximum absolute atomic E-state index is 13.2. The van der Waals surface area contributed by atoms with Crippen molar-refractivity contribution in [2.45, 2.75) is 4.90 Å². The molecule has 0 aromatic heterocycles. The highest BCUT2D eigenvalue weighted by molar-refractivity contribution is 8.00. The van der Waals surface area contributed by atoms with Crippen molar-refractivity contribution in [2.75, 3.05) is 19.4 Å². The van der Waals surface area contributed by atoms with Crippen LogP contribution in [-0.2, 0) is 14.3 Å². The minimum absolute atomic E-state index is 0.0203. The quantitative estimate of drug-likeness (QED) is 0.651. The number of amides is 1. The molecule has 1 aromatic carbocycles. The molecular formula is C11H11F2NO3S. The van der Waals surface area contributed by atoms with Crippen LogP contribution in [0, 0.1) is 11.6 Å². The smallest absolute Gasteiger partial charge is 0.316 e. The van der Waals surface area contributed by atoms with Gasteiger partial charge in [-0.25, -0.2) is 8.78 Å². The first-order valence-electron chi connectivity index (χ1n) is 4.97. The summed E-state index contributed by atoms with van der Waals surface area (Å²) < 4.78 is 30.6. The molecule has 0 saturated carbocycles. The number of halogens is 2. The Hall–Kier alpha value is -1.63. The van der Waals surface area contributed by atoms with Crippen molar-refractivity contribution in [3.05, 3.63) is 29.8 Å². The number of thioether (sulfide) groups is 1. The molecule has 0 radical (unpaired) electrons. The molecule has 1 aromatic rings. The zero-order valence-electron chi connectivity index (χ0n) is 9.54. The van der Waals surface area contributed by atoms with Gasteiger partial charge >= 0.3 is 5.97 Å². The molecule has 0 aliphatic carbocycles. The molecule has 0 unspecified atom stereocenters. The van der Waals surface area contributed by atoms with Crippen LogP contribution in [0.3, 0.4) is 0 Å². The third-order valence-corrected chi connectivity index (χ3v) is 2.89. The fourth-order valence-electron chi connectivity index (χ4n) is 0.984. The summed E-state index contributed by atoms with van der Waals surface area (Å²) in [4.78, 5) is 22.0. The van der Waals surface area contributed by atoms with Crippen molar-refractivity contribution in [1.82, 2.24) is 5.32 Å². The normalized spacial score (nSPS) is 9.94. The van der Waals surface area contributed by atoms with Crippen molar-refractivity contribution >= 4 is 23.6 Å². The zero-order valence-corrected chi connectivity index (χ0v) is 10.4. The van der Waals surface area contributed by atoms with E-state index in [9.17, 15) is 18.4 Å². The molecular weight excluding hydrogens is 264 g/mol. The molecule has 98 valence electrons. The van der Waals surface area contributed by atoms with E-state index in [-0.39, 0.29) is 17.3 Å². The summed E-state index contributed by atoms with van der Waals surface area (Å²) >= 11 is 0.807. The van der Waals surface area contributed by atoms with E-state index < -0.39 is 23.5 Å². The number of rotatable bonds is 5. The number of hydrogen-bond donors (Lipinski definition) is 1. The first-order chi connectivity index (χ1) is 8.52. The van der Waals surface area contributed by atoms with E-state index >= 15 is 0 Å². The van der Waals surface area contributed by atoms with Gasteiger partial charge in [0, 0.05) is 11.9 Å². The van der Waals surface area contributed by atoms with Gasteiger partial charge in [0.15, 0.2) is 6.61 Å². The van der Waals surface area contributed by atoms with Crippen molar-refractivity contribution < 1.29 is 23.1 Å². The number of carbonyl (C=O) groups excluding carboxylic acids is 2. The fourth-order valence-corrected chi connectivity index (χ4v) is 1.74. The Balaban J connectivity index is 2.42. The average Bonchev–Trinajstić information content (AvgIpc) is 2.36. The molecule has 0 fully saturated rings. The number of nitrogens with one attached hydrogen (secondary N) is 1. The van der Waals surface area contributed by atoms with Crippen LogP contribution >= 0.6 is 11.8 Å². The monoisotopic (exact) mass is 275 g/mol. The maximum atomic E-state index is 13.2. The van der Waals surface area contributed by atoms with Crippen LogP contribution in [-0.4, -0.2) is 31.3 Å². The third kappa shape index (κ3) is 4.70. The molecule has 0 saturated heterocycles. The van der Waals surface area contributed by atoms with E-state index in [1.165, 1.54) is 7.05 Å². The van der Waals surface area contributed by atoms with Crippen LogP contribution in [0.4, 0.5) is 8.78 Å². The average molecular weight is 275 g/mol. The van der Waals surface area contributed by atoms with Crippen LogP contribution < -0.4 is 5.32 Å². The van der Waals surface area contributed by atoms with Gasteiger partial charge in [0.25, 0.3) is 5.91 Å². The van der Waals surface area contributed by atoms with Gasteiger partial charge in [-0.15, -0.1) is 11.8 Å². The topological polar surface area (TPSA) is 55.4 Å². The van der Waals surface area contributed by atoms with E-state index in [0.29, 0.717) is 0 Å². The van der Waals surface area contributed by atoms with E-state index in [4.69, 9.17) is 0 Å². The minimum atomic E-state index is -0.674. The summed E-state index contributed by atoms with van der Waals surface area (Å²) in [7, 11) is 1.41. The Morgan fingerprint density at radius 2 is 2.11 bits per heavy atom. The molecule has 0 aliphatic heterocycles. The van der Waals surface area contributed by atoms with Gasteiger partial charge in [-0.2, -0.15) is 0 Å². The van der Waals surface area contributed by atoms with Gasteiger partial charge in [-0.05, 0) is 18.2 Å². The molecule has 0 atom stereocenters. The Morgan fingerprint density at radius 1 is 1.39 bits per heavy atom. The number of ether oxygens (including phenoxy) is 1. The predicted molar refractivity (Wildman–Crippen MR) is 62.1 cm³/mol. The van der Waals surface area contributed by atoms with Crippen molar-refractivity contribution in [1.29, 1.82) is 0 Å².